The molecule has 4 rings (SSSR count). The minimum atomic E-state index is -0.647. The van der Waals surface area contributed by atoms with Crippen molar-refractivity contribution in [2.45, 2.75) is 33.7 Å². The van der Waals surface area contributed by atoms with Gasteiger partial charge in [0.1, 0.15) is 0 Å². The molecule has 0 fully saturated rings. The Morgan fingerprint density at radius 1 is 0.976 bits per heavy atom. The predicted octanol–water partition coefficient (Wildman–Crippen LogP) is 4.80. The number of hydrogen-bond donors (Lipinski definition) is 2. The second-order valence-corrected chi connectivity index (χ2v) is 9.57. The highest BCUT2D eigenvalue weighted by atomic mass is 16.5. The van der Waals surface area contributed by atoms with Gasteiger partial charge in [-0.2, -0.15) is 5.26 Å². The molecule has 1 atom stereocenters. The molecule has 2 heterocycles. The summed E-state index contributed by atoms with van der Waals surface area (Å²) in [5.74, 6) is -1.20. The number of carbonyl (C=O) groups is 3. The highest BCUT2D eigenvalue weighted by molar-refractivity contribution is 5.96. The number of ether oxygens (including phenoxy) is 2. The van der Waals surface area contributed by atoms with E-state index in [0.29, 0.717) is 28.2 Å². The van der Waals surface area contributed by atoms with Crippen LogP contribution in [0.25, 0.3) is 11.4 Å². The van der Waals surface area contributed by atoms with Crippen LogP contribution < -0.4 is 15.5 Å². The molecule has 212 valence electrons. The summed E-state index contributed by atoms with van der Waals surface area (Å²) in [5.41, 5.74) is 5.58. The molecular weight excluding hydrogens is 522 g/mol. The third-order valence-electron chi connectivity index (χ3n) is 7.27. The van der Waals surface area contributed by atoms with Gasteiger partial charge in [-0.05, 0) is 69.7 Å². The van der Waals surface area contributed by atoms with Gasteiger partial charge in [-0.1, -0.05) is 12.1 Å². The normalized spacial score (nSPS) is 14.6. The highest BCUT2D eigenvalue weighted by Crippen LogP contribution is 2.35. The van der Waals surface area contributed by atoms with Crippen LogP contribution in [0.4, 0.5) is 10.5 Å². The van der Waals surface area contributed by atoms with E-state index in [0.717, 1.165) is 30.0 Å². The van der Waals surface area contributed by atoms with Crippen molar-refractivity contribution < 1.29 is 23.9 Å². The highest BCUT2D eigenvalue weighted by Gasteiger charge is 2.31. The molecule has 0 spiro atoms. The zero-order valence-electron chi connectivity index (χ0n) is 24.0. The average Bonchev–Trinajstić information content (AvgIpc) is 3.29. The van der Waals surface area contributed by atoms with Gasteiger partial charge in [0.25, 0.3) is 0 Å². The molecule has 0 radical (unpaired) electrons. The van der Waals surface area contributed by atoms with Crippen molar-refractivity contribution in [3.05, 3.63) is 87.7 Å². The van der Waals surface area contributed by atoms with Gasteiger partial charge in [0.15, 0.2) is 0 Å². The number of nitrogens with one attached hydrogen (secondary N) is 2. The molecule has 0 unspecified atom stereocenters. The van der Waals surface area contributed by atoms with Crippen molar-refractivity contribution in [1.29, 1.82) is 5.26 Å². The van der Waals surface area contributed by atoms with E-state index in [1.54, 1.807) is 12.1 Å². The molecule has 0 aliphatic carbocycles. The molecule has 0 bridgehead atoms. The molecule has 1 aliphatic heterocycles. The number of amides is 2. The number of benzene rings is 2. The molecule has 2 aromatic carbocycles. The lowest BCUT2D eigenvalue weighted by Crippen LogP contribution is -2.43. The molecule has 0 saturated heterocycles. The summed E-state index contributed by atoms with van der Waals surface area (Å²) in [4.78, 5) is 39.8. The number of methoxy groups -OCH3 is 2. The zero-order valence-corrected chi connectivity index (χ0v) is 24.0. The van der Waals surface area contributed by atoms with Crippen molar-refractivity contribution in [3.8, 4) is 11.8 Å². The fourth-order valence-corrected chi connectivity index (χ4v) is 5.24. The third-order valence-corrected chi connectivity index (χ3v) is 7.27. The number of esters is 2. The van der Waals surface area contributed by atoms with Crippen LogP contribution in [0.3, 0.4) is 0 Å². The Morgan fingerprint density at radius 3 is 2.07 bits per heavy atom. The summed E-state index contributed by atoms with van der Waals surface area (Å²) in [6, 6.07) is 15.6. The number of nitriles is 1. The van der Waals surface area contributed by atoms with E-state index in [9.17, 15) is 19.6 Å². The van der Waals surface area contributed by atoms with E-state index in [1.807, 2.05) is 48.7 Å². The first-order valence-corrected chi connectivity index (χ1v) is 13.2. The molecule has 2 amide bonds. The fourth-order valence-electron chi connectivity index (χ4n) is 5.24. The lowest BCUT2D eigenvalue weighted by atomic mass is 9.93. The van der Waals surface area contributed by atoms with E-state index in [-0.39, 0.29) is 11.1 Å². The second-order valence-electron chi connectivity index (χ2n) is 9.57. The first-order valence-electron chi connectivity index (χ1n) is 13.2. The maximum absolute atomic E-state index is 12.9. The molecule has 0 saturated carbocycles. The van der Waals surface area contributed by atoms with Crippen molar-refractivity contribution in [2.24, 2.45) is 0 Å². The standard InChI is InChI=1S/C31H33N5O5/c1-7-35(8-2)23-11-9-20(10-12-23)27-26(17-32)28(34-31(39)33-27)25-13-18(3)36(19(25)4)24-15-21(29(37)40-5)14-22(16-24)30(38)41-6/h9-16,27H,7-8H2,1-6H3,(H2,33,34,39)/t27-/m1/s1. The summed E-state index contributed by atoms with van der Waals surface area (Å²) < 4.78 is 11.6. The Balaban J connectivity index is 1.84. The largest absolute Gasteiger partial charge is 0.465 e. The van der Waals surface area contributed by atoms with E-state index in [1.165, 1.54) is 20.3 Å². The zero-order chi connectivity index (χ0) is 29.8. The van der Waals surface area contributed by atoms with Crippen LogP contribution in [0.5, 0.6) is 0 Å². The Morgan fingerprint density at radius 2 is 1.56 bits per heavy atom. The molecule has 3 aromatic rings. The fraction of sp³-hybridized carbons (Fsp3) is 0.290. The van der Waals surface area contributed by atoms with Crippen molar-refractivity contribution >= 4 is 29.4 Å². The quantitative estimate of drug-likeness (QED) is 0.382. The van der Waals surface area contributed by atoms with Gasteiger partial charge in [-0.3, -0.25) is 0 Å². The second kappa shape index (κ2) is 12.0. The minimum absolute atomic E-state index is 0.180. The number of aryl methyl sites for hydroxylation is 1. The van der Waals surface area contributed by atoms with Crippen LogP contribution in [0.2, 0.25) is 0 Å². The molecular formula is C31H33N5O5. The van der Waals surface area contributed by atoms with Gasteiger partial charge >= 0.3 is 18.0 Å². The van der Waals surface area contributed by atoms with Gasteiger partial charge in [-0.15, -0.1) is 0 Å². The molecule has 1 aliphatic rings. The number of aromatic nitrogens is 1. The Bertz CT molecular complexity index is 1540. The summed E-state index contributed by atoms with van der Waals surface area (Å²) in [7, 11) is 2.53. The van der Waals surface area contributed by atoms with Crippen LogP contribution in [0, 0.1) is 25.2 Å². The maximum Gasteiger partial charge on any atom is 0.337 e. The van der Waals surface area contributed by atoms with Gasteiger partial charge in [-0.25, -0.2) is 14.4 Å². The predicted molar refractivity (Wildman–Crippen MR) is 155 cm³/mol. The van der Waals surface area contributed by atoms with Crippen LogP contribution in [0.1, 0.15) is 63.1 Å². The topological polar surface area (TPSA) is 126 Å². The maximum atomic E-state index is 12.9. The first-order chi connectivity index (χ1) is 19.7. The van der Waals surface area contributed by atoms with Crippen molar-refractivity contribution in [3.63, 3.8) is 0 Å². The van der Waals surface area contributed by atoms with Crippen LogP contribution in [0.15, 0.2) is 54.1 Å². The van der Waals surface area contributed by atoms with Gasteiger partial charge in [0.05, 0.1) is 48.7 Å². The smallest absolute Gasteiger partial charge is 0.337 e. The summed E-state index contributed by atoms with van der Waals surface area (Å²) >= 11 is 0. The van der Waals surface area contributed by atoms with E-state index >= 15 is 0 Å². The lowest BCUT2D eigenvalue weighted by Gasteiger charge is -2.28. The summed E-state index contributed by atoms with van der Waals surface area (Å²) in [5, 5.41) is 16.0. The lowest BCUT2D eigenvalue weighted by molar-refractivity contribution is 0.0599. The Labute approximate surface area is 239 Å². The summed E-state index contributed by atoms with van der Waals surface area (Å²) in [6.07, 6.45) is 0. The van der Waals surface area contributed by atoms with Crippen LogP contribution in [-0.4, -0.2) is 49.8 Å². The van der Waals surface area contributed by atoms with Crippen molar-refractivity contribution in [2.75, 3.05) is 32.2 Å². The van der Waals surface area contributed by atoms with Gasteiger partial charge < -0.3 is 29.6 Å². The van der Waals surface area contributed by atoms with Gasteiger partial charge in [0, 0.05) is 41.4 Å². The molecule has 10 heteroatoms. The number of rotatable bonds is 8. The molecule has 1 aromatic heterocycles. The third kappa shape index (κ3) is 5.52. The monoisotopic (exact) mass is 555 g/mol. The van der Waals surface area contributed by atoms with E-state index in [2.05, 4.69) is 35.5 Å². The summed E-state index contributed by atoms with van der Waals surface area (Å²) in [6.45, 7) is 9.61. The van der Waals surface area contributed by atoms with E-state index < -0.39 is 24.0 Å². The van der Waals surface area contributed by atoms with Crippen molar-refractivity contribution in [1.82, 2.24) is 15.2 Å². The van der Waals surface area contributed by atoms with Crippen LogP contribution >= 0.6 is 0 Å². The van der Waals surface area contributed by atoms with Gasteiger partial charge in [0.2, 0.25) is 0 Å². The van der Waals surface area contributed by atoms with Crippen LogP contribution in [-0.2, 0) is 9.47 Å². The Kier molecular flexibility index (Phi) is 8.48. The van der Waals surface area contributed by atoms with E-state index in [4.69, 9.17) is 9.47 Å². The average molecular weight is 556 g/mol. The SMILES string of the molecule is CCN(CC)c1ccc([C@H]2NC(=O)NC(c3cc(C)n(-c4cc(C(=O)OC)cc(C(=O)OC)c4)c3C)=C2C#N)cc1. The molecule has 2 N–H and O–H groups in total. The Hall–Kier alpha value is -5.04. The molecule has 10 nitrogen and oxygen atoms in total. The first kappa shape index (κ1) is 29.0. The number of hydrogen-bond acceptors (Lipinski definition) is 7. The minimum Gasteiger partial charge on any atom is -0.465 e. The number of carbonyl (C=O) groups excluding carboxylic acids is 3. The number of urea groups is 1. The molecule has 41 heavy (non-hydrogen) atoms. The number of nitrogens with zero attached hydrogens (tertiary/aromatic N) is 3. The number of anilines is 1.